The molecule has 1 heterocycles. The van der Waals surface area contributed by atoms with Gasteiger partial charge in [0, 0.05) is 0 Å². The van der Waals surface area contributed by atoms with Crippen LogP contribution in [0, 0.1) is 6.92 Å². The highest BCUT2D eigenvalue weighted by Gasteiger charge is 2.11. The number of aromatic amines is 1. The van der Waals surface area contributed by atoms with Gasteiger partial charge in [0.25, 0.3) is 5.91 Å². The lowest BCUT2D eigenvalue weighted by atomic mass is 10.1. The first kappa shape index (κ1) is 12.1. The maximum Gasteiger partial charge on any atom is 0.253 e. The Kier molecular flexibility index (Phi) is 3.54. The van der Waals surface area contributed by atoms with E-state index < -0.39 is 0 Å². The molecule has 7 heteroatoms. The molecule has 0 radical (unpaired) electrons. The van der Waals surface area contributed by atoms with Crippen LogP contribution in [0.15, 0.2) is 24.5 Å². The molecule has 0 fully saturated rings. The lowest BCUT2D eigenvalue weighted by Gasteiger charge is -2.09. The largest absolute Gasteiger partial charge is 0.345 e. The summed E-state index contributed by atoms with van der Waals surface area (Å²) in [5, 5.41) is 9.10. The molecule has 0 spiro atoms. The molecule has 0 aliphatic carbocycles. The van der Waals surface area contributed by atoms with Crippen molar-refractivity contribution in [3.63, 3.8) is 0 Å². The zero-order chi connectivity index (χ0) is 13.0. The fraction of sp³-hybridized carbons (Fsp3) is 0.182. The molecule has 2 aromatic rings. The number of H-pyrrole nitrogens is 1. The van der Waals surface area contributed by atoms with E-state index in [9.17, 15) is 4.79 Å². The average Bonchev–Trinajstić information content (AvgIpc) is 2.89. The van der Waals surface area contributed by atoms with Gasteiger partial charge in [-0.2, -0.15) is 5.10 Å². The summed E-state index contributed by atoms with van der Waals surface area (Å²) in [5.74, 6) is 5.75. The number of hydrogen-bond acceptors (Lipinski definition) is 5. The summed E-state index contributed by atoms with van der Waals surface area (Å²) in [6.07, 6.45) is 1.39. The van der Waals surface area contributed by atoms with Gasteiger partial charge in [-0.1, -0.05) is 11.6 Å². The van der Waals surface area contributed by atoms with Crippen LogP contribution in [0.25, 0.3) is 0 Å². The van der Waals surface area contributed by atoms with Crippen LogP contribution >= 0.6 is 0 Å². The third-order valence-corrected chi connectivity index (χ3v) is 2.46. The summed E-state index contributed by atoms with van der Waals surface area (Å²) in [4.78, 5) is 15.9. The Hall–Kier alpha value is -2.41. The van der Waals surface area contributed by atoms with Crippen LogP contribution in [0.1, 0.15) is 21.7 Å². The number of nitrogens with two attached hydrogens (primary N) is 1. The SMILES string of the molecule is Cc1ccc(NN)c(C(=O)NCc2ncn[nH]2)c1. The number of carbonyl (C=O) groups is 1. The Morgan fingerprint density at radius 2 is 2.33 bits per heavy atom. The smallest absolute Gasteiger partial charge is 0.253 e. The van der Waals surface area contributed by atoms with Crippen molar-refractivity contribution >= 4 is 11.6 Å². The van der Waals surface area contributed by atoms with E-state index in [0.717, 1.165) is 5.56 Å². The second-order valence-corrected chi connectivity index (χ2v) is 3.81. The van der Waals surface area contributed by atoms with Crippen molar-refractivity contribution in [2.24, 2.45) is 5.84 Å². The molecule has 1 aromatic heterocycles. The summed E-state index contributed by atoms with van der Waals surface area (Å²) < 4.78 is 0. The lowest BCUT2D eigenvalue weighted by Crippen LogP contribution is -2.25. The first-order chi connectivity index (χ1) is 8.70. The Bertz CT molecular complexity index is 536. The maximum absolute atomic E-state index is 12.0. The normalized spacial score (nSPS) is 10.1. The third kappa shape index (κ3) is 2.64. The van der Waals surface area contributed by atoms with Crippen LogP contribution in [-0.2, 0) is 6.54 Å². The molecule has 0 saturated heterocycles. The van der Waals surface area contributed by atoms with Gasteiger partial charge in [-0.05, 0) is 19.1 Å². The number of hydrogen-bond donors (Lipinski definition) is 4. The van der Waals surface area contributed by atoms with Crippen LogP contribution < -0.4 is 16.6 Å². The van der Waals surface area contributed by atoms with Crippen molar-refractivity contribution < 1.29 is 4.79 Å². The number of rotatable bonds is 4. The van der Waals surface area contributed by atoms with E-state index in [1.54, 1.807) is 12.1 Å². The fourth-order valence-corrected chi connectivity index (χ4v) is 1.55. The van der Waals surface area contributed by atoms with E-state index in [1.165, 1.54) is 6.33 Å². The van der Waals surface area contributed by atoms with E-state index in [1.807, 2.05) is 13.0 Å². The molecule has 0 bridgehead atoms. The number of amides is 1. The Morgan fingerprint density at radius 1 is 1.50 bits per heavy atom. The first-order valence-electron chi connectivity index (χ1n) is 5.40. The zero-order valence-corrected chi connectivity index (χ0v) is 9.90. The summed E-state index contributed by atoms with van der Waals surface area (Å²) >= 11 is 0. The Labute approximate surface area is 104 Å². The molecule has 0 atom stereocenters. The molecule has 5 N–H and O–H groups in total. The van der Waals surface area contributed by atoms with Crippen molar-refractivity contribution in [3.05, 3.63) is 41.5 Å². The molecule has 0 aliphatic heterocycles. The highest BCUT2D eigenvalue weighted by Crippen LogP contribution is 2.16. The predicted molar refractivity (Wildman–Crippen MR) is 66.5 cm³/mol. The van der Waals surface area contributed by atoms with Gasteiger partial charge >= 0.3 is 0 Å². The van der Waals surface area contributed by atoms with Gasteiger partial charge in [0.15, 0.2) is 0 Å². The zero-order valence-electron chi connectivity index (χ0n) is 9.90. The minimum Gasteiger partial charge on any atom is -0.345 e. The second-order valence-electron chi connectivity index (χ2n) is 3.81. The highest BCUT2D eigenvalue weighted by molar-refractivity contribution is 5.99. The molecule has 0 aliphatic rings. The average molecular weight is 246 g/mol. The molecule has 2 rings (SSSR count). The fourth-order valence-electron chi connectivity index (χ4n) is 1.55. The molecule has 7 nitrogen and oxygen atoms in total. The quantitative estimate of drug-likeness (QED) is 0.459. The summed E-state index contributed by atoms with van der Waals surface area (Å²) in [6.45, 7) is 2.20. The monoisotopic (exact) mass is 246 g/mol. The lowest BCUT2D eigenvalue weighted by molar-refractivity contribution is 0.0950. The van der Waals surface area contributed by atoms with Crippen LogP contribution in [0.5, 0.6) is 0 Å². The minimum atomic E-state index is -0.219. The van der Waals surface area contributed by atoms with Gasteiger partial charge in [-0.15, -0.1) is 0 Å². The van der Waals surface area contributed by atoms with Crippen LogP contribution in [0.2, 0.25) is 0 Å². The van der Waals surface area contributed by atoms with Crippen molar-refractivity contribution in [3.8, 4) is 0 Å². The molecule has 1 amide bonds. The van der Waals surface area contributed by atoms with Crippen molar-refractivity contribution in [1.82, 2.24) is 20.5 Å². The number of carbonyl (C=O) groups excluding carboxylic acids is 1. The third-order valence-electron chi connectivity index (χ3n) is 2.46. The number of aryl methyl sites for hydroxylation is 1. The van der Waals surface area contributed by atoms with E-state index in [-0.39, 0.29) is 12.5 Å². The molecular formula is C11H14N6O. The predicted octanol–water partition coefficient (Wildman–Crippen LogP) is 0.329. The number of nitrogens with zero attached hydrogens (tertiary/aromatic N) is 2. The molecule has 94 valence electrons. The highest BCUT2D eigenvalue weighted by atomic mass is 16.1. The summed E-state index contributed by atoms with van der Waals surface area (Å²) in [6, 6.07) is 5.41. The molecular weight excluding hydrogens is 232 g/mol. The van der Waals surface area contributed by atoms with E-state index in [4.69, 9.17) is 5.84 Å². The number of nitrogens with one attached hydrogen (secondary N) is 3. The topological polar surface area (TPSA) is 109 Å². The molecule has 1 aromatic carbocycles. The van der Waals surface area contributed by atoms with E-state index in [0.29, 0.717) is 17.1 Å². The number of nitrogen functional groups attached to an aromatic ring is 1. The molecule has 18 heavy (non-hydrogen) atoms. The van der Waals surface area contributed by atoms with Gasteiger partial charge in [-0.3, -0.25) is 15.7 Å². The van der Waals surface area contributed by atoms with Crippen LogP contribution in [-0.4, -0.2) is 21.1 Å². The van der Waals surface area contributed by atoms with Gasteiger partial charge in [0.05, 0.1) is 17.8 Å². The van der Waals surface area contributed by atoms with Gasteiger partial charge in [-0.25, -0.2) is 4.98 Å². The first-order valence-corrected chi connectivity index (χ1v) is 5.40. The van der Waals surface area contributed by atoms with E-state index in [2.05, 4.69) is 25.9 Å². The van der Waals surface area contributed by atoms with Crippen LogP contribution in [0.4, 0.5) is 5.69 Å². The number of anilines is 1. The summed E-state index contributed by atoms with van der Waals surface area (Å²) in [7, 11) is 0. The standard InChI is InChI=1S/C11H14N6O/c1-7-2-3-9(16-12)8(4-7)11(18)13-5-10-14-6-15-17-10/h2-4,6,16H,5,12H2,1H3,(H,13,18)(H,14,15,17). The van der Waals surface area contributed by atoms with Gasteiger partial charge in [0.1, 0.15) is 12.2 Å². The van der Waals surface area contributed by atoms with Gasteiger partial charge < -0.3 is 10.7 Å². The Balaban J connectivity index is 2.10. The minimum absolute atomic E-state index is 0.219. The molecule has 0 saturated carbocycles. The van der Waals surface area contributed by atoms with Crippen molar-refractivity contribution in [2.45, 2.75) is 13.5 Å². The second kappa shape index (κ2) is 5.28. The Morgan fingerprint density at radius 3 is 3.00 bits per heavy atom. The van der Waals surface area contributed by atoms with E-state index >= 15 is 0 Å². The number of benzene rings is 1. The van der Waals surface area contributed by atoms with Crippen molar-refractivity contribution in [1.29, 1.82) is 0 Å². The molecule has 0 unspecified atom stereocenters. The van der Waals surface area contributed by atoms with Crippen LogP contribution in [0.3, 0.4) is 0 Å². The summed E-state index contributed by atoms with van der Waals surface area (Å²) in [5.41, 5.74) is 4.56. The maximum atomic E-state index is 12.0. The number of aromatic nitrogens is 3. The van der Waals surface area contributed by atoms with Crippen molar-refractivity contribution in [2.75, 3.05) is 5.43 Å². The number of hydrazine groups is 1. The van der Waals surface area contributed by atoms with Gasteiger partial charge in [0.2, 0.25) is 0 Å².